The van der Waals surface area contributed by atoms with E-state index < -0.39 is 5.97 Å². The number of rotatable bonds is 2. The monoisotopic (exact) mass is 281 g/mol. The van der Waals surface area contributed by atoms with Gasteiger partial charge in [0.05, 0.1) is 11.1 Å². The van der Waals surface area contributed by atoms with E-state index in [-0.39, 0.29) is 11.4 Å². The molecule has 1 aromatic heterocycles. The van der Waals surface area contributed by atoms with Crippen molar-refractivity contribution >= 4 is 16.9 Å². The van der Waals surface area contributed by atoms with Crippen molar-refractivity contribution in [3.05, 3.63) is 65.6 Å². The third kappa shape index (κ3) is 2.36. The second-order valence-electron chi connectivity index (χ2n) is 4.86. The third-order valence-electron chi connectivity index (χ3n) is 3.43. The fourth-order valence-corrected chi connectivity index (χ4v) is 2.42. The Morgan fingerprint density at radius 1 is 1.14 bits per heavy atom. The number of halogens is 1. The van der Waals surface area contributed by atoms with Gasteiger partial charge in [0.2, 0.25) is 0 Å². The number of carboxylic acid groups (broad SMARTS) is 1. The maximum absolute atomic E-state index is 13.3. The molecule has 0 aliphatic rings. The van der Waals surface area contributed by atoms with Gasteiger partial charge in [0, 0.05) is 11.6 Å². The summed E-state index contributed by atoms with van der Waals surface area (Å²) in [6.07, 6.45) is 1.55. The van der Waals surface area contributed by atoms with Gasteiger partial charge in [-0.2, -0.15) is 0 Å². The Balaban J connectivity index is 2.28. The van der Waals surface area contributed by atoms with Crippen LogP contribution in [-0.2, 0) is 0 Å². The molecule has 0 spiro atoms. The van der Waals surface area contributed by atoms with Crippen LogP contribution in [0, 0.1) is 12.7 Å². The maximum atomic E-state index is 13.3. The normalized spacial score (nSPS) is 10.8. The molecule has 0 saturated carbocycles. The van der Waals surface area contributed by atoms with E-state index in [4.69, 9.17) is 0 Å². The average molecular weight is 281 g/mol. The summed E-state index contributed by atoms with van der Waals surface area (Å²) in [5.41, 5.74) is 2.91. The number of carboxylic acids is 1. The lowest BCUT2D eigenvalue weighted by molar-refractivity contribution is 0.0698. The molecule has 1 N–H and O–H groups in total. The highest BCUT2D eigenvalue weighted by atomic mass is 19.1. The second-order valence-corrected chi connectivity index (χ2v) is 4.86. The van der Waals surface area contributed by atoms with Gasteiger partial charge < -0.3 is 5.11 Å². The summed E-state index contributed by atoms with van der Waals surface area (Å²) >= 11 is 0. The van der Waals surface area contributed by atoms with Crippen LogP contribution in [0.4, 0.5) is 4.39 Å². The first-order chi connectivity index (χ1) is 10.1. The van der Waals surface area contributed by atoms with Gasteiger partial charge in [-0.3, -0.25) is 4.98 Å². The first kappa shape index (κ1) is 13.2. The highest BCUT2D eigenvalue weighted by molar-refractivity contribution is 6.04. The van der Waals surface area contributed by atoms with Crippen LogP contribution < -0.4 is 0 Å². The maximum Gasteiger partial charge on any atom is 0.336 e. The van der Waals surface area contributed by atoms with E-state index in [9.17, 15) is 14.3 Å². The summed E-state index contributed by atoms with van der Waals surface area (Å²) in [6, 6.07) is 11.5. The first-order valence-electron chi connectivity index (χ1n) is 6.45. The molecule has 0 saturated heterocycles. The van der Waals surface area contributed by atoms with E-state index in [2.05, 4.69) is 4.98 Å². The Bertz CT molecular complexity index is 859. The zero-order valence-corrected chi connectivity index (χ0v) is 11.3. The molecular weight excluding hydrogens is 269 g/mol. The van der Waals surface area contributed by atoms with Crippen LogP contribution in [0.3, 0.4) is 0 Å². The standard InChI is InChI=1S/C17H12FNO2/c1-10-9-19-15-6-5-12(8-14(15)16(10)17(20)21)11-3-2-4-13(18)7-11/h2-9H,1H3,(H,20,21). The number of benzene rings is 2. The Hall–Kier alpha value is -2.75. The van der Waals surface area contributed by atoms with Crippen LogP contribution in [0.5, 0.6) is 0 Å². The Labute approximate surface area is 120 Å². The number of pyridine rings is 1. The number of aromatic carboxylic acids is 1. The van der Waals surface area contributed by atoms with Crippen molar-refractivity contribution in [2.75, 3.05) is 0 Å². The van der Waals surface area contributed by atoms with E-state index >= 15 is 0 Å². The van der Waals surface area contributed by atoms with Gasteiger partial charge >= 0.3 is 5.97 Å². The Morgan fingerprint density at radius 3 is 2.62 bits per heavy atom. The molecule has 3 nitrogen and oxygen atoms in total. The van der Waals surface area contributed by atoms with Crippen molar-refractivity contribution in [1.82, 2.24) is 4.98 Å². The number of fused-ring (bicyclic) bond motifs is 1. The van der Waals surface area contributed by atoms with E-state index in [1.807, 2.05) is 6.07 Å². The molecule has 2 aromatic carbocycles. The molecule has 21 heavy (non-hydrogen) atoms. The van der Waals surface area contributed by atoms with Crippen LogP contribution >= 0.6 is 0 Å². The molecule has 104 valence electrons. The SMILES string of the molecule is Cc1cnc2ccc(-c3cccc(F)c3)cc2c1C(=O)O. The van der Waals surface area contributed by atoms with Crippen molar-refractivity contribution in [3.8, 4) is 11.1 Å². The minimum atomic E-state index is -0.990. The zero-order valence-electron chi connectivity index (χ0n) is 11.3. The van der Waals surface area contributed by atoms with E-state index in [0.717, 1.165) is 5.56 Å². The molecule has 0 aliphatic carbocycles. The predicted octanol–water partition coefficient (Wildman–Crippen LogP) is 4.05. The predicted molar refractivity (Wildman–Crippen MR) is 78.8 cm³/mol. The van der Waals surface area contributed by atoms with Crippen LogP contribution in [0.2, 0.25) is 0 Å². The van der Waals surface area contributed by atoms with Gasteiger partial charge in [-0.1, -0.05) is 18.2 Å². The number of aromatic nitrogens is 1. The van der Waals surface area contributed by atoms with Gasteiger partial charge in [0.15, 0.2) is 0 Å². The topological polar surface area (TPSA) is 50.2 Å². The van der Waals surface area contributed by atoms with Crippen molar-refractivity contribution in [1.29, 1.82) is 0 Å². The summed E-state index contributed by atoms with van der Waals surface area (Å²) < 4.78 is 13.3. The van der Waals surface area contributed by atoms with Crippen LogP contribution in [-0.4, -0.2) is 16.1 Å². The number of aryl methyl sites for hydroxylation is 1. The van der Waals surface area contributed by atoms with Gasteiger partial charge in [0.1, 0.15) is 5.82 Å². The van der Waals surface area contributed by atoms with Gasteiger partial charge in [0.25, 0.3) is 0 Å². The lowest BCUT2D eigenvalue weighted by Gasteiger charge is -2.08. The van der Waals surface area contributed by atoms with Crippen molar-refractivity contribution in [2.24, 2.45) is 0 Å². The van der Waals surface area contributed by atoms with E-state index in [1.165, 1.54) is 12.1 Å². The highest BCUT2D eigenvalue weighted by Gasteiger charge is 2.13. The van der Waals surface area contributed by atoms with Gasteiger partial charge in [-0.25, -0.2) is 9.18 Å². The van der Waals surface area contributed by atoms with Gasteiger partial charge in [-0.05, 0) is 47.9 Å². The average Bonchev–Trinajstić information content (AvgIpc) is 2.46. The smallest absolute Gasteiger partial charge is 0.336 e. The molecule has 0 radical (unpaired) electrons. The third-order valence-corrected chi connectivity index (χ3v) is 3.43. The fraction of sp³-hybridized carbons (Fsp3) is 0.0588. The molecule has 4 heteroatoms. The Kier molecular flexibility index (Phi) is 3.14. The van der Waals surface area contributed by atoms with Crippen LogP contribution in [0.25, 0.3) is 22.0 Å². The molecule has 0 atom stereocenters. The summed E-state index contributed by atoms with van der Waals surface area (Å²) in [4.78, 5) is 15.7. The van der Waals surface area contributed by atoms with Crippen molar-refractivity contribution in [3.63, 3.8) is 0 Å². The Morgan fingerprint density at radius 2 is 1.90 bits per heavy atom. The van der Waals surface area contributed by atoms with Crippen molar-refractivity contribution in [2.45, 2.75) is 6.92 Å². The molecule has 0 amide bonds. The summed E-state index contributed by atoms with van der Waals surface area (Å²) in [6.45, 7) is 1.71. The molecule has 1 heterocycles. The molecule has 3 aromatic rings. The molecule has 0 aliphatic heterocycles. The summed E-state index contributed by atoms with van der Waals surface area (Å²) in [5, 5.41) is 9.94. The molecule has 0 unspecified atom stereocenters. The summed E-state index contributed by atoms with van der Waals surface area (Å²) in [5.74, 6) is -1.32. The van der Waals surface area contributed by atoms with Gasteiger partial charge in [-0.15, -0.1) is 0 Å². The molecule has 0 bridgehead atoms. The first-order valence-corrected chi connectivity index (χ1v) is 6.45. The minimum Gasteiger partial charge on any atom is -0.478 e. The molecular formula is C17H12FNO2. The minimum absolute atomic E-state index is 0.234. The lowest BCUT2D eigenvalue weighted by atomic mass is 9.99. The largest absolute Gasteiger partial charge is 0.478 e. The zero-order chi connectivity index (χ0) is 15.0. The van der Waals surface area contributed by atoms with Crippen LogP contribution in [0.1, 0.15) is 15.9 Å². The molecule has 0 fully saturated rings. The number of carbonyl (C=O) groups is 1. The lowest BCUT2D eigenvalue weighted by Crippen LogP contribution is -2.02. The highest BCUT2D eigenvalue weighted by Crippen LogP contribution is 2.27. The van der Waals surface area contributed by atoms with E-state index in [1.54, 1.807) is 37.4 Å². The van der Waals surface area contributed by atoms with E-state index in [0.29, 0.717) is 22.0 Å². The number of hydrogen-bond acceptors (Lipinski definition) is 2. The summed E-state index contributed by atoms with van der Waals surface area (Å²) in [7, 11) is 0. The number of hydrogen-bond donors (Lipinski definition) is 1. The molecule has 3 rings (SSSR count). The quantitative estimate of drug-likeness (QED) is 0.771. The van der Waals surface area contributed by atoms with Crippen LogP contribution in [0.15, 0.2) is 48.7 Å². The fourth-order valence-electron chi connectivity index (χ4n) is 2.42. The second kappa shape index (κ2) is 4.98. The number of nitrogens with zero attached hydrogens (tertiary/aromatic N) is 1. The van der Waals surface area contributed by atoms with Crippen molar-refractivity contribution < 1.29 is 14.3 Å².